The van der Waals surface area contributed by atoms with Gasteiger partial charge >= 0.3 is 0 Å². The SMILES string of the molecule is CCOC1(C(NN)c2sccc2C)CCCCC1. The molecule has 0 amide bonds. The predicted octanol–water partition coefficient (Wildman–Crippen LogP) is 3.30. The van der Waals surface area contributed by atoms with Gasteiger partial charge in [0, 0.05) is 11.5 Å². The molecule has 102 valence electrons. The van der Waals surface area contributed by atoms with Crippen LogP contribution in [0.25, 0.3) is 0 Å². The Morgan fingerprint density at radius 3 is 2.67 bits per heavy atom. The number of hydrazine groups is 1. The van der Waals surface area contributed by atoms with Gasteiger partial charge in [-0.1, -0.05) is 19.3 Å². The standard InChI is InChI=1S/C14H24N2OS/c1-3-17-14(8-5-4-6-9-14)13(16-15)12-11(2)7-10-18-12/h7,10,13,16H,3-6,8-9,15H2,1-2H3. The number of rotatable bonds is 5. The third kappa shape index (κ3) is 2.62. The maximum atomic E-state index is 6.17. The predicted molar refractivity (Wildman–Crippen MR) is 76.6 cm³/mol. The van der Waals surface area contributed by atoms with Gasteiger partial charge in [-0.05, 0) is 43.7 Å². The van der Waals surface area contributed by atoms with Crippen LogP contribution >= 0.6 is 11.3 Å². The number of thiophene rings is 1. The second kappa shape index (κ2) is 6.15. The lowest BCUT2D eigenvalue weighted by Crippen LogP contribution is -2.49. The van der Waals surface area contributed by atoms with Crippen molar-refractivity contribution < 1.29 is 4.74 Å². The Hall–Kier alpha value is -0.420. The quantitative estimate of drug-likeness (QED) is 0.636. The lowest BCUT2D eigenvalue weighted by molar-refractivity contribution is -0.0907. The van der Waals surface area contributed by atoms with Crippen LogP contribution < -0.4 is 11.3 Å². The van der Waals surface area contributed by atoms with Crippen molar-refractivity contribution in [2.45, 2.75) is 57.6 Å². The first-order chi connectivity index (χ1) is 8.73. The van der Waals surface area contributed by atoms with Gasteiger partial charge in [0.25, 0.3) is 0 Å². The van der Waals surface area contributed by atoms with Gasteiger partial charge in [0.05, 0.1) is 11.6 Å². The molecular formula is C14H24N2OS. The van der Waals surface area contributed by atoms with E-state index in [2.05, 4.69) is 30.7 Å². The molecule has 1 heterocycles. The summed E-state index contributed by atoms with van der Waals surface area (Å²) in [7, 11) is 0. The van der Waals surface area contributed by atoms with Crippen LogP contribution in [0.15, 0.2) is 11.4 Å². The van der Waals surface area contributed by atoms with Crippen LogP contribution in [-0.4, -0.2) is 12.2 Å². The Labute approximate surface area is 114 Å². The Kier molecular flexibility index (Phi) is 4.78. The molecule has 4 heteroatoms. The van der Waals surface area contributed by atoms with Gasteiger partial charge in [0.2, 0.25) is 0 Å². The van der Waals surface area contributed by atoms with E-state index in [0.29, 0.717) is 0 Å². The fourth-order valence-corrected chi connectivity index (χ4v) is 4.19. The molecule has 1 atom stereocenters. The molecule has 1 aliphatic carbocycles. The van der Waals surface area contributed by atoms with E-state index < -0.39 is 0 Å². The highest BCUT2D eigenvalue weighted by molar-refractivity contribution is 7.10. The Morgan fingerprint density at radius 2 is 2.17 bits per heavy atom. The summed E-state index contributed by atoms with van der Waals surface area (Å²) in [6.07, 6.45) is 6.00. The van der Waals surface area contributed by atoms with Gasteiger partial charge in [-0.25, -0.2) is 5.43 Å². The molecule has 3 nitrogen and oxygen atoms in total. The molecule has 1 aromatic rings. The summed E-state index contributed by atoms with van der Waals surface area (Å²) in [5.41, 5.74) is 4.22. The van der Waals surface area contributed by atoms with Crippen molar-refractivity contribution in [3.63, 3.8) is 0 Å². The summed E-state index contributed by atoms with van der Waals surface area (Å²) in [4.78, 5) is 1.33. The summed E-state index contributed by atoms with van der Waals surface area (Å²) in [5, 5.41) is 2.14. The zero-order valence-electron chi connectivity index (χ0n) is 11.4. The molecule has 1 saturated carbocycles. The van der Waals surface area contributed by atoms with E-state index in [4.69, 9.17) is 10.6 Å². The normalized spacial score (nSPS) is 20.8. The zero-order valence-corrected chi connectivity index (χ0v) is 12.2. The monoisotopic (exact) mass is 268 g/mol. The molecule has 1 aliphatic rings. The lowest BCUT2D eigenvalue weighted by atomic mass is 9.78. The average molecular weight is 268 g/mol. The summed E-state index contributed by atoms with van der Waals surface area (Å²) in [6, 6.07) is 2.28. The number of hydrogen-bond donors (Lipinski definition) is 2. The molecular weight excluding hydrogens is 244 g/mol. The second-order valence-electron chi connectivity index (χ2n) is 5.13. The second-order valence-corrected chi connectivity index (χ2v) is 6.07. The van der Waals surface area contributed by atoms with E-state index in [9.17, 15) is 0 Å². The Morgan fingerprint density at radius 1 is 1.44 bits per heavy atom. The van der Waals surface area contributed by atoms with E-state index in [-0.39, 0.29) is 11.6 Å². The minimum Gasteiger partial charge on any atom is -0.373 e. The molecule has 1 unspecified atom stereocenters. The van der Waals surface area contributed by atoms with Crippen LogP contribution in [0.4, 0.5) is 0 Å². The number of hydrogen-bond acceptors (Lipinski definition) is 4. The van der Waals surface area contributed by atoms with Crippen molar-refractivity contribution in [2.24, 2.45) is 5.84 Å². The molecule has 2 rings (SSSR count). The zero-order chi connectivity index (χ0) is 13.0. The summed E-state index contributed by atoms with van der Waals surface area (Å²) in [6.45, 7) is 4.98. The maximum Gasteiger partial charge on any atom is 0.0897 e. The lowest BCUT2D eigenvalue weighted by Gasteiger charge is -2.43. The first-order valence-corrected chi connectivity index (χ1v) is 7.75. The minimum atomic E-state index is -0.114. The molecule has 1 aromatic heterocycles. The van der Waals surface area contributed by atoms with Gasteiger partial charge in [-0.2, -0.15) is 0 Å². The molecule has 0 bridgehead atoms. The fourth-order valence-electron chi connectivity index (χ4n) is 3.10. The molecule has 0 spiro atoms. The van der Waals surface area contributed by atoms with E-state index in [1.54, 1.807) is 11.3 Å². The fraction of sp³-hybridized carbons (Fsp3) is 0.714. The number of ether oxygens (including phenoxy) is 1. The van der Waals surface area contributed by atoms with Gasteiger partial charge < -0.3 is 4.74 Å². The van der Waals surface area contributed by atoms with Crippen molar-refractivity contribution in [3.8, 4) is 0 Å². The molecule has 3 N–H and O–H groups in total. The third-order valence-corrected chi connectivity index (χ3v) is 5.07. The number of nitrogens with one attached hydrogen (secondary N) is 1. The Bertz CT molecular complexity index is 366. The van der Waals surface area contributed by atoms with Crippen molar-refractivity contribution in [1.82, 2.24) is 5.43 Å². The van der Waals surface area contributed by atoms with E-state index in [1.165, 1.54) is 29.7 Å². The van der Waals surface area contributed by atoms with Gasteiger partial charge in [0.15, 0.2) is 0 Å². The van der Waals surface area contributed by atoms with Crippen molar-refractivity contribution in [3.05, 3.63) is 21.9 Å². The largest absolute Gasteiger partial charge is 0.373 e. The Balaban J connectivity index is 2.29. The van der Waals surface area contributed by atoms with Gasteiger partial charge in [0.1, 0.15) is 0 Å². The van der Waals surface area contributed by atoms with Crippen LogP contribution in [0, 0.1) is 6.92 Å². The van der Waals surface area contributed by atoms with Crippen LogP contribution in [0.3, 0.4) is 0 Å². The van der Waals surface area contributed by atoms with Crippen molar-refractivity contribution in [1.29, 1.82) is 0 Å². The topological polar surface area (TPSA) is 47.3 Å². The van der Waals surface area contributed by atoms with Gasteiger partial charge in [-0.15, -0.1) is 11.3 Å². The highest BCUT2D eigenvalue weighted by Crippen LogP contribution is 2.43. The van der Waals surface area contributed by atoms with E-state index in [1.807, 2.05) is 0 Å². The maximum absolute atomic E-state index is 6.17. The molecule has 18 heavy (non-hydrogen) atoms. The van der Waals surface area contributed by atoms with E-state index >= 15 is 0 Å². The van der Waals surface area contributed by atoms with Crippen molar-refractivity contribution in [2.75, 3.05) is 6.61 Å². The van der Waals surface area contributed by atoms with Crippen LogP contribution in [-0.2, 0) is 4.74 Å². The van der Waals surface area contributed by atoms with Crippen LogP contribution in [0.1, 0.15) is 55.5 Å². The van der Waals surface area contributed by atoms with Crippen molar-refractivity contribution >= 4 is 11.3 Å². The molecule has 0 aromatic carbocycles. The smallest absolute Gasteiger partial charge is 0.0897 e. The summed E-state index contributed by atoms with van der Waals surface area (Å²) < 4.78 is 6.17. The first-order valence-electron chi connectivity index (χ1n) is 6.87. The highest BCUT2D eigenvalue weighted by atomic mass is 32.1. The molecule has 0 radical (unpaired) electrons. The first kappa shape index (κ1) is 14.0. The van der Waals surface area contributed by atoms with Crippen LogP contribution in [0.2, 0.25) is 0 Å². The highest BCUT2D eigenvalue weighted by Gasteiger charge is 2.42. The molecule has 0 aliphatic heterocycles. The number of aryl methyl sites for hydroxylation is 1. The summed E-state index contributed by atoms with van der Waals surface area (Å²) >= 11 is 1.78. The third-order valence-electron chi connectivity index (χ3n) is 3.99. The van der Waals surface area contributed by atoms with Gasteiger partial charge in [-0.3, -0.25) is 5.84 Å². The number of nitrogens with two attached hydrogens (primary N) is 1. The molecule has 0 saturated heterocycles. The summed E-state index contributed by atoms with van der Waals surface area (Å²) in [5.74, 6) is 5.86. The van der Waals surface area contributed by atoms with Crippen LogP contribution in [0.5, 0.6) is 0 Å². The average Bonchev–Trinajstić information content (AvgIpc) is 2.78. The minimum absolute atomic E-state index is 0.114. The van der Waals surface area contributed by atoms with E-state index in [0.717, 1.165) is 19.4 Å². The molecule has 1 fully saturated rings.